The third kappa shape index (κ3) is 4.10. The average molecular weight is 370 g/mol. The van der Waals surface area contributed by atoms with Gasteiger partial charge in [0.1, 0.15) is 5.75 Å². The summed E-state index contributed by atoms with van der Waals surface area (Å²) in [6.45, 7) is 0. The summed E-state index contributed by atoms with van der Waals surface area (Å²) in [6.07, 6.45) is 1.60. The molecule has 0 heterocycles. The van der Waals surface area contributed by atoms with Gasteiger partial charge in [0.05, 0.1) is 45.0 Å². The van der Waals surface area contributed by atoms with E-state index in [2.05, 4.69) is 6.07 Å². The molecule has 27 heavy (non-hydrogen) atoms. The zero-order valence-corrected chi connectivity index (χ0v) is 15.3. The quantitative estimate of drug-likeness (QED) is 0.317. The number of methoxy groups -OCH3 is 4. The van der Waals surface area contributed by atoms with Crippen molar-refractivity contribution in [3.8, 4) is 29.1 Å². The Hall–Kier alpha value is -3.73. The lowest BCUT2D eigenvalue weighted by molar-refractivity contribution is -0.385. The van der Waals surface area contributed by atoms with Crippen LogP contribution in [0.4, 0.5) is 5.69 Å². The Balaban J connectivity index is 2.60. The van der Waals surface area contributed by atoms with Crippen LogP contribution in [0.3, 0.4) is 0 Å². The lowest BCUT2D eigenvalue weighted by atomic mass is 10.0. The largest absolute Gasteiger partial charge is 0.496 e. The van der Waals surface area contributed by atoms with Crippen molar-refractivity contribution in [2.75, 3.05) is 28.4 Å². The molecule has 8 nitrogen and oxygen atoms in total. The van der Waals surface area contributed by atoms with Crippen LogP contribution in [0.2, 0.25) is 0 Å². The molecule has 140 valence electrons. The fourth-order valence-electron chi connectivity index (χ4n) is 2.50. The van der Waals surface area contributed by atoms with Gasteiger partial charge in [-0.1, -0.05) is 0 Å². The SMILES string of the molecule is COc1cc(OC)c(OC)cc1C=C(C#N)c1ccc([N+](=O)[O-])c(OC)c1. The molecule has 0 aromatic heterocycles. The van der Waals surface area contributed by atoms with E-state index < -0.39 is 4.92 Å². The molecule has 0 atom stereocenters. The molecule has 2 aromatic rings. The van der Waals surface area contributed by atoms with Gasteiger partial charge in [0.15, 0.2) is 17.2 Å². The molecule has 0 saturated heterocycles. The summed E-state index contributed by atoms with van der Waals surface area (Å²) in [4.78, 5) is 10.5. The summed E-state index contributed by atoms with van der Waals surface area (Å²) in [5, 5.41) is 20.6. The molecular weight excluding hydrogens is 352 g/mol. The van der Waals surface area contributed by atoms with Crippen LogP contribution in [0.25, 0.3) is 11.6 Å². The molecule has 0 aliphatic heterocycles. The fraction of sp³-hybridized carbons (Fsp3) is 0.211. The molecule has 0 bridgehead atoms. The van der Waals surface area contributed by atoms with Gasteiger partial charge in [0, 0.05) is 17.7 Å². The van der Waals surface area contributed by atoms with Crippen LogP contribution in [0.5, 0.6) is 23.0 Å². The van der Waals surface area contributed by atoms with E-state index in [-0.39, 0.29) is 17.0 Å². The van der Waals surface area contributed by atoms with Gasteiger partial charge < -0.3 is 18.9 Å². The summed E-state index contributed by atoms with van der Waals surface area (Å²) in [6, 6.07) is 9.65. The number of hydrogen-bond acceptors (Lipinski definition) is 7. The van der Waals surface area contributed by atoms with Crippen LogP contribution in [0, 0.1) is 21.4 Å². The molecule has 2 rings (SSSR count). The summed E-state index contributed by atoms with van der Waals surface area (Å²) >= 11 is 0. The first-order chi connectivity index (χ1) is 13.0. The molecule has 0 saturated carbocycles. The lowest BCUT2D eigenvalue weighted by Gasteiger charge is -2.12. The van der Waals surface area contributed by atoms with Crippen molar-refractivity contribution in [1.82, 2.24) is 0 Å². The van der Waals surface area contributed by atoms with Gasteiger partial charge in [-0.25, -0.2) is 0 Å². The fourth-order valence-corrected chi connectivity index (χ4v) is 2.50. The predicted molar refractivity (Wildman–Crippen MR) is 99.2 cm³/mol. The highest BCUT2D eigenvalue weighted by Gasteiger charge is 2.17. The second-order valence-corrected chi connectivity index (χ2v) is 5.26. The van der Waals surface area contributed by atoms with E-state index in [1.54, 1.807) is 18.2 Å². The van der Waals surface area contributed by atoms with Crippen LogP contribution in [0.1, 0.15) is 11.1 Å². The standard InChI is InChI=1S/C19H18N2O6/c1-24-16-10-19(27-4)18(26-3)9-13(16)7-14(11-20)12-5-6-15(21(22)23)17(8-12)25-2/h5-10H,1-4H3. The predicted octanol–water partition coefficient (Wildman–Crippen LogP) is 3.69. The summed E-state index contributed by atoms with van der Waals surface area (Å²) in [5.41, 5.74) is 1.15. The number of allylic oxidation sites excluding steroid dienone is 1. The van der Waals surface area contributed by atoms with E-state index in [1.165, 1.54) is 46.6 Å². The number of hydrogen-bond donors (Lipinski definition) is 0. The highest BCUT2D eigenvalue weighted by Crippen LogP contribution is 2.37. The Morgan fingerprint density at radius 3 is 2.07 bits per heavy atom. The molecule has 8 heteroatoms. The maximum atomic E-state index is 11.0. The number of nitriles is 1. The number of nitrogens with zero attached hydrogens (tertiary/aromatic N) is 2. The maximum Gasteiger partial charge on any atom is 0.310 e. The van der Waals surface area contributed by atoms with E-state index in [0.717, 1.165) is 0 Å². The number of benzene rings is 2. The first kappa shape index (κ1) is 19.6. The van der Waals surface area contributed by atoms with Crippen molar-refractivity contribution < 1.29 is 23.9 Å². The van der Waals surface area contributed by atoms with Crippen LogP contribution >= 0.6 is 0 Å². The number of ether oxygens (including phenoxy) is 4. The number of nitro groups is 1. The van der Waals surface area contributed by atoms with E-state index in [1.807, 2.05) is 0 Å². The number of rotatable bonds is 7. The van der Waals surface area contributed by atoms with Gasteiger partial charge in [-0.15, -0.1) is 0 Å². The van der Waals surface area contributed by atoms with E-state index in [4.69, 9.17) is 18.9 Å². The van der Waals surface area contributed by atoms with Gasteiger partial charge in [-0.05, 0) is 29.8 Å². The van der Waals surface area contributed by atoms with Crippen LogP contribution in [-0.4, -0.2) is 33.4 Å². The molecule has 2 aromatic carbocycles. The lowest BCUT2D eigenvalue weighted by Crippen LogP contribution is -1.96. The third-order valence-corrected chi connectivity index (χ3v) is 3.84. The zero-order valence-electron chi connectivity index (χ0n) is 15.3. The van der Waals surface area contributed by atoms with Gasteiger partial charge in [-0.2, -0.15) is 5.26 Å². The second-order valence-electron chi connectivity index (χ2n) is 5.26. The van der Waals surface area contributed by atoms with Gasteiger partial charge in [0.2, 0.25) is 0 Å². The first-order valence-electron chi connectivity index (χ1n) is 7.73. The van der Waals surface area contributed by atoms with Gasteiger partial charge in [-0.3, -0.25) is 10.1 Å². The van der Waals surface area contributed by atoms with Crippen molar-refractivity contribution in [3.63, 3.8) is 0 Å². The summed E-state index contributed by atoms with van der Waals surface area (Å²) in [7, 11) is 5.85. The second kappa shape index (κ2) is 8.58. The van der Waals surface area contributed by atoms with E-state index >= 15 is 0 Å². The van der Waals surface area contributed by atoms with Gasteiger partial charge >= 0.3 is 5.69 Å². The van der Waals surface area contributed by atoms with Crippen LogP contribution in [-0.2, 0) is 0 Å². The minimum absolute atomic E-state index is 0.0675. The molecule has 0 fully saturated rings. The molecule has 0 N–H and O–H groups in total. The highest BCUT2D eigenvalue weighted by atomic mass is 16.6. The van der Waals surface area contributed by atoms with Crippen LogP contribution in [0.15, 0.2) is 30.3 Å². The molecule has 0 aliphatic carbocycles. The molecule has 0 amide bonds. The first-order valence-corrected chi connectivity index (χ1v) is 7.73. The van der Waals surface area contributed by atoms with E-state index in [9.17, 15) is 15.4 Å². The third-order valence-electron chi connectivity index (χ3n) is 3.84. The monoisotopic (exact) mass is 370 g/mol. The molecule has 0 spiro atoms. The minimum Gasteiger partial charge on any atom is -0.496 e. The summed E-state index contributed by atoms with van der Waals surface area (Å²) < 4.78 is 21.0. The molecule has 0 aliphatic rings. The maximum absolute atomic E-state index is 11.0. The highest BCUT2D eigenvalue weighted by molar-refractivity contribution is 5.91. The van der Waals surface area contributed by atoms with Gasteiger partial charge in [0.25, 0.3) is 0 Å². The van der Waals surface area contributed by atoms with E-state index in [0.29, 0.717) is 28.4 Å². The Morgan fingerprint density at radius 2 is 1.56 bits per heavy atom. The molecule has 0 unspecified atom stereocenters. The Bertz CT molecular complexity index is 931. The Morgan fingerprint density at radius 1 is 0.963 bits per heavy atom. The minimum atomic E-state index is -0.546. The van der Waals surface area contributed by atoms with Crippen molar-refractivity contribution in [2.24, 2.45) is 0 Å². The topological polar surface area (TPSA) is 104 Å². The van der Waals surface area contributed by atoms with Crippen molar-refractivity contribution in [2.45, 2.75) is 0 Å². The number of nitro benzene ring substituents is 1. The molecule has 0 radical (unpaired) electrons. The van der Waals surface area contributed by atoms with Crippen molar-refractivity contribution in [3.05, 3.63) is 51.6 Å². The smallest absolute Gasteiger partial charge is 0.310 e. The van der Waals surface area contributed by atoms with Crippen LogP contribution < -0.4 is 18.9 Å². The molecular formula is C19H18N2O6. The summed E-state index contributed by atoms with van der Waals surface area (Å²) in [5.74, 6) is 1.51. The normalized spacial score (nSPS) is 10.7. The Kier molecular flexibility index (Phi) is 6.23. The zero-order chi connectivity index (χ0) is 20.0. The van der Waals surface area contributed by atoms with Crippen molar-refractivity contribution in [1.29, 1.82) is 5.26 Å². The average Bonchev–Trinajstić information content (AvgIpc) is 2.70. The Labute approximate surface area is 156 Å². The van der Waals surface area contributed by atoms with Crippen molar-refractivity contribution >= 4 is 17.3 Å².